The van der Waals surface area contributed by atoms with Crippen LogP contribution in [0.2, 0.25) is 0 Å². The maximum Gasteiger partial charge on any atom is 0.262 e. The summed E-state index contributed by atoms with van der Waals surface area (Å²) in [5, 5.41) is 7.02. The first-order valence-corrected chi connectivity index (χ1v) is 9.48. The number of benzene rings is 3. The molecule has 0 saturated carbocycles. The third kappa shape index (κ3) is 2.62. The number of hydrogen-bond donors (Lipinski definition) is 1. The van der Waals surface area contributed by atoms with Crippen molar-refractivity contribution in [1.29, 1.82) is 0 Å². The minimum Gasteiger partial charge on any atom is -0.314 e. The Kier molecular flexibility index (Phi) is 3.92. The lowest BCUT2D eigenvalue weighted by Crippen LogP contribution is -2.49. The Morgan fingerprint density at radius 3 is 2.48 bits per heavy atom. The zero-order valence-electron chi connectivity index (χ0n) is 15.1. The molecule has 0 aromatic heterocycles. The highest BCUT2D eigenvalue weighted by Crippen LogP contribution is 2.35. The third-order valence-corrected chi connectivity index (χ3v) is 5.67. The van der Waals surface area contributed by atoms with Gasteiger partial charge in [-0.3, -0.25) is 19.4 Å². The Balaban J connectivity index is 1.60. The molecule has 0 unspecified atom stereocenters. The van der Waals surface area contributed by atoms with Gasteiger partial charge in [-0.25, -0.2) is 0 Å². The summed E-state index contributed by atoms with van der Waals surface area (Å²) in [6.45, 7) is 4.95. The molecule has 0 radical (unpaired) electrons. The molecule has 0 spiro atoms. The van der Waals surface area contributed by atoms with E-state index in [1.807, 2.05) is 42.5 Å². The zero-order valence-corrected chi connectivity index (χ0v) is 15.1. The summed E-state index contributed by atoms with van der Waals surface area (Å²) in [5.41, 5.74) is 1.30. The van der Waals surface area contributed by atoms with E-state index in [0.717, 1.165) is 54.3 Å². The molecule has 5 heteroatoms. The van der Waals surface area contributed by atoms with Crippen molar-refractivity contribution in [3.05, 3.63) is 59.7 Å². The van der Waals surface area contributed by atoms with Gasteiger partial charge in [0, 0.05) is 50.2 Å². The summed E-state index contributed by atoms with van der Waals surface area (Å²) in [7, 11) is 0. The molecule has 2 aliphatic rings. The van der Waals surface area contributed by atoms with Crippen LogP contribution in [0.15, 0.2) is 48.5 Å². The maximum absolute atomic E-state index is 13.4. The van der Waals surface area contributed by atoms with Gasteiger partial charge in [0.05, 0.1) is 5.56 Å². The van der Waals surface area contributed by atoms with Crippen LogP contribution in [-0.4, -0.2) is 60.9 Å². The molecule has 5 rings (SSSR count). The van der Waals surface area contributed by atoms with E-state index in [0.29, 0.717) is 17.7 Å². The average molecular weight is 359 g/mol. The summed E-state index contributed by atoms with van der Waals surface area (Å²) in [6, 6.07) is 15.7. The molecular weight excluding hydrogens is 338 g/mol. The minimum absolute atomic E-state index is 0.171. The number of amides is 2. The number of piperazine rings is 1. The van der Waals surface area contributed by atoms with Crippen molar-refractivity contribution in [2.75, 3.05) is 39.3 Å². The van der Waals surface area contributed by atoms with Crippen molar-refractivity contribution in [2.45, 2.75) is 0 Å². The van der Waals surface area contributed by atoms with Crippen LogP contribution in [0.3, 0.4) is 0 Å². The SMILES string of the molecule is O=C1c2cccc3cc4ccccc4c(c23)C(=O)N1CCN1CCNCC1. The van der Waals surface area contributed by atoms with E-state index in [2.05, 4.69) is 16.3 Å². The van der Waals surface area contributed by atoms with E-state index in [9.17, 15) is 9.59 Å². The topological polar surface area (TPSA) is 52.7 Å². The van der Waals surface area contributed by atoms with Gasteiger partial charge in [0.25, 0.3) is 11.8 Å². The monoisotopic (exact) mass is 359 g/mol. The Labute approximate surface area is 157 Å². The second-order valence-corrected chi connectivity index (χ2v) is 7.23. The fraction of sp³-hybridized carbons (Fsp3) is 0.273. The van der Waals surface area contributed by atoms with E-state index < -0.39 is 0 Å². The number of fused-ring (bicyclic) bond motifs is 2. The summed E-state index contributed by atoms with van der Waals surface area (Å²) >= 11 is 0. The molecule has 0 aliphatic carbocycles. The number of rotatable bonds is 3. The highest BCUT2D eigenvalue weighted by Gasteiger charge is 2.34. The molecule has 1 saturated heterocycles. The molecule has 0 atom stereocenters. The van der Waals surface area contributed by atoms with Crippen LogP contribution in [0.25, 0.3) is 21.5 Å². The van der Waals surface area contributed by atoms with Gasteiger partial charge in [-0.2, -0.15) is 0 Å². The van der Waals surface area contributed by atoms with E-state index >= 15 is 0 Å². The predicted molar refractivity (Wildman–Crippen MR) is 106 cm³/mol. The van der Waals surface area contributed by atoms with Gasteiger partial charge in [0.2, 0.25) is 0 Å². The van der Waals surface area contributed by atoms with E-state index in [4.69, 9.17) is 0 Å². The van der Waals surface area contributed by atoms with E-state index in [1.54, 1.807) is 0 Å². The molecule has 27 heavy (non-hydrogen) atoms. The quantitative estimate of drug-likeness (QED) is 0.577. The highest BCUT2D eigenvalue weighted by molar-refractivity contribution is 6.30. The van der Waals surface area contributed by atoms with E-state index in [-0.39, 0.29) is 11.8 Å². The fourth-order valence-corrected chi connectivity index (χ4v) is 4.27. The molecule has 136 valence electrons. The summed E-state index contributed by atoms with van der Waals surface area (Å²) in [6.07, 6.45) is 0. The molecule has 1 fully saturated rings. The van der Waals surface area contributed by atoms with Crippen LogP contribution < -0.4 is 5.32 Å². The average Bonchev–Trinajstić information content (AvgIpc) is 2.71. The van der Waals surface area contributed by atoms with Gasteiger partial charge >= 0.3 is 0 Å². The lowest BCUT2D eigenvalue weighted by molar-refractivity contribution is 0.0591. The van der Waals surface area contributed by atoms with Gasteiger partial charge < -0.3 is 5.32 Å². The first-order valence-electron chi connectivity index (χ1n) is 9.48. The van der Waals surface area contributed by atoms with Crippen molar-refractivity contribution in [2.24, 2.45) is 0 Å². The van der Waals surface area contributed by atoms with Gasteiger partial charge in [-0.1, -0.05) is 36.4 Å². The lowest BCUT2D eigenvalue weighted by atomic mass is 9.89. The number of hydrogen-bond acceptors (Lipinski definition) is 4. The minimum atomic E-state index is -0.177. The van der Waals surface area contributed by atoms with Gasteiger partial charge in [-0.15, -0.1) is 0 Å². The van der Waals surface area contributed by atoms with Crippen LogP contribution in [-0.2, 0) is 0 Å². The number of nitrogens with zero attached hydrogens (tertiary/aromatic N) is 2. The van der Waals surface area contributed by atoms with Crippen molar-refractivity contribution >= 4 is 33.4 Å². The van der Waals surface area contributed by atoms with Crippen molar-refractivity contribution in [1.82, 2.24) is 15.1 Å². The maximum atomic E-state index is 13.4. The standard InChI is InChI=1S/C22H21N3O2/c26-21-18-7-3-5-16-14-15-4-1-2-6-17(15)20(19(16)18)22(27)25(21)13-12-24-10-8-23-9-11-24/h1-7,14,23H,8-13H2. The van der Waals surface area contributed by atoms with Crippen LogP contribution >= 0.6 is 0 Å². The normalized spacial score (nSPS) is 17.9. The molecule has 1 N–H and O–H groups in total. The molecule has 3 aromatic rings. The summed E-state index contributed by atoms with van der Waals surface area (Å²) in [4.78, 5) is 30.2. The van der Waals surface area contributed by atoms with E-state index in [1.165, 1.54) is 4.90 Å². The van der Waals surface area contributed by atoms with Crippen LogP contribution in [0.1, 0.15) is 20.7 Å². The van der Waals surface area contributed by atoms with Crippen LogP contribution in [0.5, 0.6) is 0 Å². The van der Waals surface area contributed by atoms with Crippen molar-refractivity contribution in [3.63, 3.8) is 0 Å². The smallest absolute Gasteiger partial charge is 0.262 e. The largest absolute Gasteiger partial charge is 0.314 e. The summed E-state index contributed by atoms with van der Waals surface area (Å²) < 4.78 is 0. The molecule has 0 bridgehead atoms. The highest BCUT2D eigenvalue weighted by atomic mass is 16.2. The Morgan fingerprint density at radius 1 is 0.852 bits per heavy atom. The summed E-state index contributed by atoms with van der Waals surface area (Å²) in [5.74, 6) is -0.348. The predicted octanol–water partition coefficient (Wildman–Crippen LogP) is 2.49. The molecular formula is C22H21N3O2. The lowest BCUT2D eigenvalue weighted by Gasteiger charge is -2.32. The fourth-order valence-electron chi connectivity index (χ4n) is 4.27. The first kappa shape index (κ1) is 16.4. The molecule has 2 amide bonds. The molecule has 3 aromatic carbocycles. The zero-order chi connectivity index (χ0) is 18.4. The second-order valence-electron chi connectivity index (χ2n) is 7.23. The van der Waals surface area contributed by atoms with Crippen molar-refractivity contribution in [3.8, 4) is 0 Å². The third-order valence-electron chi connectivity index (χ3n) is 5.67. The molecule has 2 heterocycles. The molecule has 2 aliphatic heterocycles. The Hall–Kier alpha value is -2.76. The number of nitrogens with one attached hydrogen (secondary N) is 1. The van der Waals surface area contributed by atoms with Crippen LogP contribution in [0.4, 0.5) is 0 Å². The number of imide groups is 1. The van der Waals surface area contributed by atoms with Gasteiger partial charge in [-0.05, 0) is 28.3 Å². The Bertz CT molecular complexity index is 1070. The molecule has 5 nitrogen and oxygen atoms in total. The first-order chi connectivity index (χ1) is 13.2. The van der Waals surface area contributed by atoms with Gasteiger partial charge in [0.15, 0.2) is 0 Å². The Morgan fingerprint density at radius 2 is 1.63 bits per heavy atom. The van der Waals surface area contributed by atoms with Gasteiger partial charge in [0.1, 0.15) is 0 Å². The van der Waals surface area contributed by atoms with Crippen LogP contribution in [0, 0.1) is 0 Å². The number of carbonyl (C=O) groups is 2. The number of carbonyl (C=O) groups excluding carboxylic acids is 2. The second kappa shape index (κ2) is 6.44. The van der Waals surface area contributed by atoms with Crippen molar-refractivity contribution < 1.29 is 9.59 Å².